The topological polar surface area (TPSA) is 115 Å². The Kier molecular flexibility index (Phi) is 6.62. The molecule has 33 heavy (non-hydrogen) atoms. The van der Waals surface area contributed by atoms with Crippen LogP contribution in [0.25, 0.3) is 11.0 Å². The fourth-order valence-electron chi connectivity index (χ4n) is 4.53. The smallest absolute Gasteiger partial charge is 0.255 e. The van der Waals surface area contributed by atoms with Crippen molar-refractivity contribution in [2.75, 3.05) is 5.32 Å². The van der Waals surface area contributed by atoms with Gasteiger partial charge in [0.15, 0.2) is 5.65 Å². The van der Waals surface area contributed by atoms with Gasteiger partial charge in [-0.3, -0.25) is 9.59 Å². The number of aromatic nitrogens is 3. The Bertz CT molecular complexity index is 1150. The summed E-state index contributed by atoms with van der Waals surface area (Å²) >= 11 is 0. The molecule has 2 aromatic heterocycles. The number of nitrogens with two attached hydrogens (primary N) is 1. The van der Waals surface area contributed by atoms with E-state index in [0.29, 0.717) is 12.1 Å². The summed E-state index contributed by atoms with van der Waals surface area (Å²) in [5, 5.41) is 12.0. The number of primary amides is 1. The quantitative estimate of drug-likeness (QED) is 0.510. The molecule has 4 rings (SSSR count). The van der Waals surface area contributed by atoms with E-state index in [0.717, 1.165) is 48.0 Å². The zero-order valence-electron chi connectivity index (χ0n) is 19.5. The molecule has 1 atom stereocenters. The van der Waals surface area contributed by atoms with Crippen molar-refractivity contribution in [2.24, 2.45) is 11.7 Å². The number of rotatable bonds is 7. The summed E-state index contributed by atoms with van der Waals surface area (Å²) in [6, 6.07) is 8.15. The van der Waals surface area contributed by atoms with Gasteiger partial charge in [0.2, 0.25) is 5.91 Å². The van der Waals surface area contributed by atoms with Crippen LogP contribution in [-0.2, 0) is 11.3 Å². The van der Waals surface area contributed by atoms with Crippen LogP contribution in [-0.4, -0.2) is 32.6 Å². The Hall–Kier alpha value is -3.42. The maximum absolute atomic E-state index is 13.3. The molecule has 1 fully saturated rings. The number of nitrogens with one attached hydrogen (secondary N) is 2. The largest absolute Gasteiger partial charge is 0.381 e. The number of amides is 2. The standard InChI is InChI=1S/C25H32N6O2/c1-4-31-24-20(14-28-31)22(30-19-11-9-18(10-12-19)23(26)32)21(13-27-24)25(33)29-16(3)17-7-5-15(2)6-8-17/h5-8,13-14,16,18-19H,4,9-12H2,1-3H3,(H2,26,32)(H,27,30)(H,29,33)/t16-,18?,19?/m1/s1. The molecule has 3 aromatic rings. The molecular weight excluding hydrogens is 416 g/mol. The van der Waals surface area contributed by atoms with E-state index in [2.05, 4.69) is 20.7 Å². The lowest BCUT2D eigenvalue weighted by atomic mass is 9.85. The van der Waals surface area contributed by atoms with Gasteiger partial charge < -0.3 is 16.4 Å². The fraction of sp³-hybridized carbons (Fsp3) is 0.440. The van der Waals surface area contributed by atoms with Crippen molar-refractivity contribution in [3.8, 4) is 0 Å². The molecule has 0 unspecified atom stereocenters. The minimum atomic E-state index is -0.228. The van der Waals surface area contributed by atoms with Crippen LogP contribution in [0.15, 0.2) is 36.7 Å². The third kappa shape index (κ3) is 4.84. The summed E-state index contributed by atoms with van der Waals surface area (Å²) in [5.41, 5.74) is 9.70. The number of pyridine rings is 1. The number of hydrogen-bond donors (Lipinski definition) is 3. The van der Waals surface area contributed by atoms with Crippen molar-refractivity contribution in [1.29, 1.82) is 0 Å². The van der Waals surface area contributed by atoms with Gasteiger partial charge in [0.25, 0.3) is 5.91 Å². The van der Waals surface area contributed by atoms with Crippen LogP contribution < -0.4 is 16.4 Å². The van der Waals surface area contributed by atoms with E-state index < -0.39 is 0 Å². The van der Waals surface area contributed by atoms with Gasteiger partial charge in [-0.25, -0.2) is 9.67 Å². The molecule has 0 spiro atoms. The molecule has 1 aromatic carbocycles. The van der Waals surface area contributed by atoms with Gasteiger partial charge in [-0.1, -0.05) is 29.8 Å². The Morgan fingerprint density at radius 1 is 1.15 bits per heavy atom. The van der Waals surface area contributed by atoms with Gasteiger partial charge in [0.1, 0.15) is 0 Å². The predicted molar refractivity (Wildman–Crippen MR) is 129 cm³/mol. The minimum absolute atomic E-state index is 0.0681. The molecule has 1 aliphatic rings. The Balaban J connectivity index is 1.61. The van der Waals surface area contributed by atoms with Crippen molar-refractivity contribution in [1.82, 2.24) is 20.1 Å². The van der Waals surface area contributed by atoms with E-state index in [-0.39, 0.29) is 29.8 Å². The van der Waals surface area contributed by atoms with Gasteiger partial charge in [-0.05, 0) is 52.0 Å². The Labute approximate surface area is 193 Å². The third-order valence-electron chi connectivity index (χ3n) is 6.61. The number of anilines is 1. The van der Waals surface area contributed by atoms with Crippen molar-refractivity contribution < 1.29 is 9.59 Å². The highest BCUT2D eigenvalue weighted by atomic mass is 16.2. The zero-order chi connectivity index (χ0) is 23.5. The van der Waals surface area contributed by atoms with Crippen LogP contribution in [0.3, 0.4) is 0 Å². The van der Waals surface area contributed by atoms with Crippen LogP contribution in [0, 0.1) is 12.8 Å². The third-order valence-corrected chi connectivity index (χ3v) is 6.61. The normalized spacial score (nSPS) is 19.2. The van der Waals surface area contributed by atoms with Crippen LogP contribution >= 0.6 is 0 Å². The molecule has 1 aliphatic carbocycles. The second kappa shape index (κ2) is 9.60. The molecule has 8 heteroatoms. The van der Waals surface area contributed by atoms with Gasteiger partial charge in [0, 0.05) is 24.7 Å². The Morgan fingerprint density at radius 2 is 1.85 bits per heavy atom. The summed E-state index contributed by atoms with van der Waals surface area (Å²) in [5.74, 6) is -0.481. The van der Waals surface area contributed by atoms with Crippen LogP contribution in [0.2, 0.25) is 0 Å². The molecule has 0 radical (unpaired) electrons. The average Bonchev–Trinajstić information content (AvgIpc) is 3.23. The maximum atomic E-state index is 13.3. The molecule has 8 nitrogen and oxygen atoms in total. The Morgan fingerprint density at radius 3 is 2.48 bits per heavy atom. The lowest BCUT2D eigenvalue weighted by molar-refractivity contribution is -0.122. The average molecular weight is 449 g/mol. The van der Waals surface area contributed by atoms with E-state index in [1.165, 1.54) is 5.56 Å². The van der Waals surface area contributed by atoms with Gasteiger partial charge in [-0.15, -0.1) is 0 Å². The molecule has 0 aliphatic heterocycles. The number of aryl methyl sites for hydroxylation is 2. The SMILES string of the molecule is CCn1ncc2c(NC3CCC(C(N)=O)CC3)c(C(=O)N[C@H](C)c3ccc(C)cc3)cnc21. The van der Waals surface area contributed by atoms with Gasteiger partial charge in [0.05, 0.1) is 28.9 Å². The summed E-state index contributed by atoms with van der Waals surface area (Å²) < 4.78 is 1.82. The van der Waals surface area contributed by atoms with Crippen LogP contribution in [0.1, 0.15) is 67.1 Å². The lowest BCUT2D eigenvalue weighted by Crippen LogP contribution is -2.33. The van der Waals surface area contributed by atoms with Gasteiger partial charge >= 0.3 is 0 Å². The van der Waals surface area contributed by atoms with Crippen molar-refractivity contribution in [2.45, 2.75) is 65.1 Å². The predicted octanol–water partition coefficient (Wildman–Crippen LogP) is 3.71. The van der Waals surface area contributed by atoms with Crippen molar-refractivity contribution in [3.05, 3.63) is 53.3 Å². The molecular formula is C25H32N6O2. The minimum Gasteiger partial charge on any atom is -0.381 e. The van der Waals surface area contributed by atoms with E-state index in [4.69, 9.17) is 5.73 Å². The van der Waals surface area contributed by atoms with E-state index >= 15 is 0 Å². The highest BCUT2D eigenvalue weighted by Crippen LogP contribution is 2.32. The number of carbonyl (C=O) groups excluding carboxylic acids is 2. The highest BCUT2D eigenvalue weighted by molar-refractivity contribution is 6.06. The molecule has 0 saturated heterocycles. The van der Waals surface area contributed by atoms with Crippen molar-refractivity contribution >= 4 is 28.5 Å². The second-order valence-corrected chi connectivity index (χ2v) is 8.95. The van der Waals surface area contributed by atoms with Crippen molar-refractivity contribution in [3.63, 3.8) is 0 Å². The monoisotopic (exact) mass is 448 g/mol. The van der Waals surface area contributed by atoms with Crippen LogP contribution in [0.5, 0.6) is 0 Å². The first-order valence-corrected chi connectivity index (χ1v) is 11.6. The first-order chi connectivity index (χ1) is 15.9. The number of hydrogen-bond acceptors (Lipinski definition) is 5. The summed E-state index contributed by atoms with van der Waals surface area (Å²) in [6.45, 7) is 6.72. The summed E-state index contributed by atoms with van der Waals surface area (Å²) in [6.07, 6.45) is 6.54. The molecule has 2 amide bonds. The summed E-state index contributed by atoms with van der Waals surface area (Å²) in [4.78, 5) is 29.4. The second-order valence-electron chi connectivity index (χ2n) is 8.95. The first kappa shape index (κ1) is 22.8. The molecule has 174 valence electrons. The molecule has 1 saturated carbocycles. The summed E-state index contributed by atoms with van der Waals surface area (Å²) in [7, 11) is 0. The highest BCUT2D eigenvalue weighted by Gasteiger charge is 2.27. The van der Waals surface area contributed by atoms with Crippen LogP contribution in [0.4, 0.5) is 5.69 Å². The number of nitrogens with zero attached hydrogens (tertiary/aromatic N) is 3. The molecule has 2 heterocycles. The zero-order valence-corrected chi connectivity index (χ0v) is 19.5. The van der Waals surface area contributed by atoms with E-state index in [9.17, 15) is 9.59 Å². The fourth-order valence-corrected chi connectivity index (χ4v) is 4.53. The van der Waals surface area contributed by atoms with E-state index in [1.807, 2.05) is 49.7 Å². The number of fused-ring (bicyclic) bond motifs is 1. The van der Waals surface area contributed by atoms with E-state index in [1.54, 1.807) is 12.4 Å². The maximum Gasteiger partial charge on any atom is 0.255 e. The lowest BCUT2D eigenvalue weighted by Gasteiger charge is -2.29. The number of carbonyl (C=O) groups is 2. The number of benzene rings is 1. The first-order valence-electron chi connectivity index (χ1n) is 11.6. The molecule has 0 bridgehead atoms. The molecule has 4 N–H and O–H groups in total. The van der Waals surface area contributed by atoms with Gasteiger partial charge in [-0.2, -0.15) is 5.10 Å².